The lowest BCUT2D eigenvalue weighted by Crippen LogP contribution is -2.43. The third-order valence-corrected chi connectivity index (χ3v) is 4.16. The van der Waals surface area contributed by atoms with Crippen LogP contribution in [0.1, 0.15) is 11.3 Å². The number of amides is 1. The summed E-state index contributed by atoms with van der Waals surface area (Å²) < 4.78 is 5.31. The van der Waals surface area contributed by atoms with Gasteiger partial charge >= 0.3 is 0 Å². The summed E-state index contributed by atoms with van der Waals surface area (Å²) in [7, 11) is 3.41. The first-order valence-corrected chi connectivity index (χ1v) is 8.90. The first-order valence-electron chi connectivity index (χ1n) is 8.14. The molecule has 1 aromatic carbocycles. The van der Waals surface area contributed by atoms with Crippen LogP contribution in [-0.2, 0) is 17.8 Å². The molecule has 0 aliphatic heterocycles. The van der Waals surface area contributed by atoms with Crippen LogP contribution in [0.3, 0.4) is 0 Å². The van der Waals surface area contributed by atoms with Crippen molar-refractivity contribution in [3.05, 3.63) is 58.0 Å². The molecule has 1 aromatic heterocycles. The average molecular weight is 525 g/mol. The van der Waals surface area contributed by atoms with Crippen LogP contribution < -0.4 is 10.6 Å². The predicted molar refractivity (Wildman–Crippen MR) is 120 cm³/mol. The molecular weight excluding hydrogens is 502 g/mol. The van der Waals surface area contributed by atoms with Crippen LogP contribution in [0, 0.1) is 0 Å². The quantitative estimate of drug-likeness (QED) is 0.330. The molecule has 0 bridgehead atoms. The van der Waals surface area contributed by atoms with E-state index in [0.29, 0.717) is 35.5 Å². The summed E-state index contributed by atoms with van der Waals surface area (Å²) in [6, 6.07) is 9.04. The zero-order chi connectivity index (χ0) is 18.9. The second-order valence-electron chi connectivity index (χ2n) is 5.80. The van der Waals surface area contributed by atoms with Gasteiger partial charge in [0.05, 0.1) is 19.4 Å². The number of hydrogen-bond donors (Lipinski definition) is 2. The van der Waals surface area contributed by atoms with E-state index in [0.717, 1.165) is 11.3 Å². The van der Waals surface area contributed by atoms with Crippen LogP contribution in [0.15, 0.2) is 46.0 Å². The summed E-state index contributed by atoms with van der Waals surface area (Å²) in [6.07, 6.45) is 2.35. The molecule has 1 heterocycles. The van der Waals surface area contributed by atoms with E-state index in [-0.39, 0.29) is 36.4 Å². The minimum absolute atomic E-state index is 0. The van der Waals surface area contributed by atoms with Crippen LogP contribution in [0.5, 0.6) is 0 Å². The van der Waals surface area contributed by atoms with Crippen molar-refractivity contribution in [3.63, 3.8) is 0 Å². The van der Waals surface area contributed by atoms with Crippen LogP contribution in [0.2, 0.25) is 10.0 Å². The minimum atomic E-state index is -0.0462. The molecule has 0 aliphatic carbocycles. The summed E-state index contributed by atoms with van der Waals surface area (Å²) >= 11 is 12.1. The van der Waals surface area contributed by atoms with E-state index in [9.17, 15) is 4.79 Å². The van der Waals surface area contributed by atoms with Gasteiger partial charge in [0.1, 0.15) is 5.76 Å². The van der Waals surface area contributed by atoms with Crippen molar-refractivity contribution in [2.45, 2.75) is 13.0 Å². The van der Waals surface area contributed by atoms with Gasteiger partial charge in [0.15, 0.2) is 5.96 Å². The standard InChI is InChI=1S/C18H22Cl2N4O2.HI/c1-24(2)17(25)12-23-18(21-8-7-15-4-3-9-26-15)22-11-13-5-6-14(19)10-16(13)20;/h3-6,9-10H,7-8,11-12H2,1-2H3,(H2,21,22,23);1H. The Morgan fingerprint density at radius 2 is 2.00 bits per heavy atom. The highest BCUT2D eigenvalue weighted by atomic mass is 127. The Morgan fingerprint density at radius 1 is 1.22 bits per heavy atom. The van der Waals surface area contributed by atoms with E-state index in [2.05, 4.69) is 15.6 Å². The molecule has 2 N–H and O–H groups in total. The number of likely N-dealkylation sites (N-methyl/N-ethyl adjacent to an activating group) is 1. The molecular formula is C18H23Cl2IN4O2. The molecule has 2 rings (SSSR count). The fourth-order valence-corrected chi connectivity index (χ4v) is 2.53. The van der Waals surface area contributed by atoms with Crippen molar-refractivity contribution in [3.8, 4) is 0 Å². The number of halogens is 3. The van der Waals surface area contributed by atoms with Gasteiger partial charge in [-0.05, 0) is 29.8 Å². The maximum atomic E-state index is 11.8. The van der Waals surface area contributed by atoms with Crippen LogP contribution in [0.4, 0.5) is 0 Å². The lowest BCUT2D eigenvalue weighted by atomic mass is 10.2. The lowest BCUT2D eigenvalue weighted by Gasteiger charge is -2.15. The zero-order valence-corrected chi connectivity index (χ0v) is 19.0. The summed E-state index contributed by atoms with van der Waals surface area (Å²) in [4.78, 5) is 17.8. The molecule has 0 unspecified atom stereocenters. The molecule has 0 saturated carbocycles. The van der Waals surface area contributed by atoms with Crippen LogP contribution >= 0.6 is 47.2 Å². The Bertz CT molecular complexity index is 752. The van der Waals surface area contributed by atoms with Crippen molar-refractivity contribution in [1.29, 1.82) is 0 Å². The fourth-order valence-electron chi connectivity index (χ4n) is 2.06. The Kier molecular flexibility index (Phi) is 10.6. The van der Waals surface area contributed by atoms with Gasteiger partial charge in [-0.15, -0.1) is 24.0 Å². The molecule has 2 aromatic rings. The van der Waals surface area contributed by atoms with Gasteiger partial charge in [0.25, 0.3) is 0 Å². The van der Waals surface area contributed by atoms with Crippen molar-refractivity contribution < 1.29 is 9.21 Å². The maximum Gasteiger partial charge on any atom is 0.241 e. The zero-order valence-electron chi connectivity index (χ0n) is 15.2. The number of hydrogen-bond acceptors (Lipinski definition) is 3. The summed E-state index contributed by atoms with van der Waals surface area (Å²) in [5.74, 6) is 1.36. The fraction of sp³-hybridized carbons (Fsp3) is 0.333. The highest BCUT2D eigenvalue weighted by Gasteiger charge is 2.07. The predicted octanol–water partition coefficient (Wildman–Crippen LogP) is 3.57. The number of benzene rings is 1. The first kappa shape index (κ1) is 23.6. The van der Waals surface area contributed by atoms with Gasteiger partial charge in [0, 0.05) is 37.1 Å². The molecule has 9 heteroatoms. The van der Waals surface area contributed by atoms with E-state index in [1.165, 1.54) is 4.90 Å². The number of nitrogens with one attached hydrogen (secondary N) is 2. The third-order valence-electron chi connectivity index (χ3n) is 3.57. The molecule has 0 aliphatic rings. The Labute approximate surface area is 186 Å². The van der Waals surface area contributed by atoms with Crippen LogP contribution in [-0.4, -0.2) is 44.0 Å². The van der Waals surface area contributed by atoms with E-state index < -0.39 is 0 Å². The third kappa shape index (κ3) is 8.40. The molecule has 148 valence electrons. The van der Waals surface area contributed by atoms with Gasteiger partial charge in [-0.3, -0.25) is 4.79 Å². The second kappa shape index (κ2) is 12.1. The van der Waals surface area contributed by atoms with E-state index in [1.54, 1.807) is 32.5 Å². The van der Waals surface area contributed by atoms with E-state index in [4.69, 9.17) is 27.6 Å². The monoisotopic (exact) mass is 524 g/mol. The Hall–Kier alpha value is -1.45. The number of carbonyl (C=O) groups excluding carboxylic acids is 1. The van der Waals surface area contributed by atoms with Crippen LogP contribution in [0.25, 0.3) is 0 Å². The van der Waals surface area contributed by atoms with Gasteiger partial charge < -0.3 is 20.0 Å². The summed E-state index contributed by atoms with van der Waals surface area (Å²) in [5, 5.41) is 7.36. The Balaban J connectivity index is 0.00000364. The number of nitrogens with zero attached hydrogens (tertiary/aromatic N) is 2. The van der Waals surface area contributed by atoms with Gasteiger partial charge in [-0.1, -0.05) is 29.3 Å². The minimum Gasteiger partial charge on any atom is -0.469 e. The molecule has 6 nitrogen and oxygen atoms in total. The van der Waals surface area contributed by atoms with Gasteiger partial charge in [-0.2, -0.15) is 0 Å². The highest BCUT2D eigenvalue weighted by Crippen LogP contribution is 2.21. The SMILES string of the molecule is CN(C)C(=O)CNC(=NCc1ccc(Cl)cc1Cl)NCCc1ccco1.I. The van der Waals surface area contributed by atoms with E-state index in [1.807, 2.05) is 18.2 Å². The number of carbonyl (C=O) groups is 1. The summed E-state index contributed by atoms with van der Waals surface area (Å²) in [6.45, 7) is 1.13. The first-order chi connectivity index (χ1) is 12.5. The van der Waals surface area contributed by atoms with Gasteiger partial charge in [0.2, 0.25) is 5.91 Å². The number of aliphatic imine (C=N–C) groups is 1. The van der Waals surface area contributed by atoms with Crippen molar-refractivity contribution in [1.82, 2.24) is 15.5 Å². The molecule has 27 heavy (non-hydrogen) atoms. The smallest absolute Gasteiger partial charge is 0.241 e. The molecule has 0 atom stereocenters. The van der Waals surface area contributed by atoms with Crippen molar-refractivity contribution in [2.75, 3.05) is 27.2 Å². The number of guanidine groups is 1. The molecule has 1 amide bonds. The normalized spacial score (nSPS) is 10.9. The second-order valence-corrected chi connectivity index (χ2v) is 6.64. The van der Waals surface area contributed by atoms with Gasteiger partial charge in [-0.25, -0.2) is 4.99 Å². The molecule has 0 spiro atoms. The maximum absolute atomic E-state index is 11.8. The highest BCUT2D eigenvalue weighted by molar-refractivity contribution is 14.0. The summed E-state index contributed by atoms with van der Waals surface area (Å²) in [5.41, 5.74) is 0.849. The van der Waals surface area contributed by atoms with Crippen molar-refractivity contribution >= 4 is 59.0 Å². The molecule has 0 radical (unpaired) electrons. The average Bonchev–Trinajstić information content (AvgIpc) is 3.11. The largest absolute Gasteiger partial charge is 0.469 e. The molecule has 0 fully saturated rings. The number of rotatable bonds is 7. The Morgan fingerprint density at radius 3 is 2.63 bits per heavy atom. The van der Waals surface area contributed by atoms with Crippen molar-refractivity contribution in [2.24, 2.45) is 4.99 Å². The topological polar surface area (TPSA) is 69.9 Å². The van der Waals surface area contributed by atoms with E-state index >= 15 is 0 Å². The lowest BCUT2D eigenvalue weighted by molar-refractivity contribution is -0.127. The number of furan rings is 1. The molecule has 0 saturated heterocycles.